The van der Waals surface area contributed by atoms with E-state index in [-0.39, 0.29) is 24.4 Å². The first-order chi connectivity index (χ1) is 12.1. The monoisotopic (exact) mass is 334 g/mol. The molecule has 0 radical (unpaired) electrons. The number of carbonyl (C=O) groups is 2. The van der Waals surface area contributed by atoms with Crippen LogP contribution in [0.2, 0.25) is 0 Å². The summed E-state index contributed by atoms with van der Waals surface area (Å²) in [6.45, 7) is 1.52. The molecule has 2 rings (SSSR count). The summed E-state index contributed by atoms with van der Waals surface area (Å²) in [6.07, 6.45) is 6.43. The van der Waals surface area contributed by atoms with E-state index < -0.39 is 12.5 Å². The first-order valence-electron chi connectivity index (χ1n) is 8.38. The standard InChI is InChI=1S/C22H22O3/c1-3-5-20(22(25)15-23)14-21(24)19-12-10-18(11-13-19)17-8-6-16(4-2)7-9-17/h1,6-13,20,23H,4-5,14-15H2,2H3/t20-/m1/s1. The van der Waals surface area contributed by atoms with E-state index in [2.05, 4.69) is 37.1 Å². The van der Waals surface area contributed by atoms with Crippen LogP contribution in [0.25, 0.3) is 11.1 Å². The lowest BCUT2D eigenvalue weighted by Crippen LogP contribution is -2.21. The molecule has 0 aliphatic carbocycles. The van der Waals surface area contributed by atoms with Gasteiger partial charge in [-0.3, -0.25) is 9.59 Å². The van der Waals surface area contributed by atoms with Crippen LogP contribution in [-0.2, 0) is 11.2 Å². The van der Waals surface area contributed by atoms with Crippen molar-refractivity contribution in [1.82, 2.24) is 0 Å². The molecular formula is C22H22O3. The van der Waals surface area contributed by atoms with Gasteiger partial charge in [0.05, 0.1) is 0 Å². The molecule has 0 heterocycles. The van der Waals surface area contributed by atoms with E-state index in [0.717, 1.165) is 17.5 Å². The van der Waals surface area contributed by atoms with E-state index >= 15 is 0 Å². The van der Waals surface area contributed by atoms with E-state index in [9.17, 15) is 9.59 Å². The first kappa shape index (κ1) is 18.6. The Morgan fingerprint density at radius 1 is 1.04 bits per heavy atom. The second kappa shape index (κ2) is 8.96. The van der Waals surface area contributed by atoms with Crippen molar-refractivity contribution in [2.75, 3.05) is 6.61 Å². The Bertz CT molecular complexity index is 764. The fourth-order valence-corrected chi connectivity index (χ4v) is 2.69. The maximum atomic E-state index is 12.4. The molecule has 0 saturated heterocycles. The highest BCUT2D eigenvalue weighted by molar-refractivity contribution is 5.99. The van der Waals surface area contributed by atoms with Gasteiger partial charge < -0.3 is 5.11 Å². The number of aryl methyl sites for hydroxylation is 1. The van der Waals surface area contributed by atoms with Crippen molar-refractivity contribution >= 4 is 11.6 Å². The quantitative estimate of drug-likeness (QED) is 0.592. The number of benzene rings is 2. The average Bonchev–Trinajstić information content (AvgIpc) is 2.67. The Morgan fingerprint density at radius 2 is 1.60 bits per heavy atom. The van der Waals surface area contributed by atoms with Gasteiger partial charge >= 0.3 is 0 Å². The molecule has 0 bridgehead atoms. The van der Waals surface area contributed by atoms with Gasteiger partial charge in [-0.1, -0.05) is 55.5 Å². The summed E-state index contributed by atoms with van der Waals surface area (Å²) in [4.78, 5) is 24.0. The molecular weight excluding hydrogens is 312 g/mol. The number of terminal acetylenes is 1. The SMILES string of the molecule is C#CC[C@H](CC(=O)c1ccc(-c2ccc(CC)cc2)cc1)C(=O)CO. The van der Waals surface area contributed by atoms with Crippen LogP contribution >= 0.6 is 0 Å². The predicted octanol–water partition coefficient (Wildman–Crippen LogP) is 3.69. The molecule has 3 heteroatoms. The van der Waals surface area contributed by atoms with Gasteiger partial charge in [0.15, 0.2) is 11.6 Å². The maximum Gasteiger partial charge on any atom is 0.163 e. The van der Waals surface area contributed by atoms with Crippen LogP contribution in [0.5, 0.6) is 0 Å². The molecule has 0 amide bonds. The molecule has 0 fully saturated rings. The topological polar surface area (TPSA) is 54.4 Å². The Kier molecular flexibility index (Phi) is 6.68. The molecule has 0 unspecified atom stereocenters. The zero-order chi connectivity index (χ0) is 18.2. The zero-order valence-electron chi connectivity index (χ0n) is 14.4. The van der Waals surface area contributed by atoms with Crippen LogP contribution in [0, 0.1) is 18.3 Å². The number of carbonyl (C=O) groups excluding carboxylic acids is 2. The highest BCUT2D eigenvalue weighted by Gasteiger charge is 2.21. The summed E-state index contributed by atoms with van der Waals surface area (Å²) in [5.74, 6) is 1.24. The molecule has 2 aromatic carbocycles. The highest BCUT2D eigenvalue weighted by atomic mass is 16.3. The van der Waals surface area contributed by atoms with Gasteiger partial charge in [-0.15, -0.1) is 12.3 Å². The summed E-state index contributed by atoms with van der Waals surface area (Å²) in [5.41, 5.74) is 3.95. The maximum absolute atomic E-state index is 12.4. The van der Waals surface area contributed by atoms with Gasteiger partial charge in [-0.2, -0.15) is 0 Å². The van der Waals surface area contributed by atoms with Crippen LogP contribution in [-0.4, -0.2) is 23.3 Å². The third kappa shape index (κ3) is 4.89. The molecule has 0 aromatic heterocycles. The lowest BCUT2D eigenvalue weighted by Gasteiger charge is -2.11. The number of Topliss-reactive ketones (excluding diaryl/α,β-unsaturated/α-hetero) is 2. The van der Waals surface area contributed by atoms with Crippen LogP contribution in [0.4, 0.5) is 0 Å². The Hall–Kier alpha value is -2.70. The van der Waals surface area contributed by atoms with Gasteiger partial charge in [-0.05, 0) is 23.1 Å². The van der Waals surface area contributed by atoms with Crippen molar-refractivity contribution in [1.29, 1.82) is 0 Å². The Labute approximate surface area is 148 Å². The molecule has 25 heavy (non-hydrogen) atoms. The van der Waals surface area contributed by atoms with Gasteiger partial charge in [0.1, 0.15) is 6.61 Å². The number of aliphatic hydroxyl groups is 1. The van der Waals surface area contributed by atoms with E-state index in [1.54, 1.807) is 12.1 Å². The largest absolute Gasteiger partial charge is 0.389 e. The summed E-state index contributed by atoms with van der Waals surface area (Å²) >= 11 is 0. The van der Waals surface area contributed by atoms with Gasteiger partial charge in [-0.25, -0.2) is 0 Å². The average molecular weight is 334 g/mol. The number of hydrogen-bond donors (Lipinski definition) is 1. The van der Waals surface area contributed by atoms with E-state index in [1.165, 1.54) is 5.56 Å². The second-order valence-corrected chi connectivity index (χ2v) is 5.98. The summed E-state index contributed by atoms with van der Waals surface area (Å²) in [6, 6.07) is 15.7. The Morgan fingerprint density at radius 3 is 2.08 bits per heavy atom. The van der Waals surface area contributed by atoms with Gasteiger partial charge in [0.2, 0.25) is 0 Å². The fraction of sp³-hybridized carbons (Fsp3) is 0.273. The molecule has 1 N–H and O–H groups in total. The van der Waals surface area contributed by atoms with Crippen molar-refractivity contribution in [3.05, 3.63) is 59.7 Å². The third-order valence-corrected chi connectivity index (χ3v) is 4.31. The molecule has 2 aromatic rings. The van der Waals surface area contributed by atoms with E-state index in [0.29, 0.717) is 5.56 Å². The fourth-order valence-electron chi connectivity index (χ4n) is 2.69. The number of ketones is 2. The van der Waals surface area contributed by atoms with Crippen molar-refractivity contribution < 1.29 is 14.7 Å². The minimum absolute atomic E-state index is 0.0220. The third-order valence-electron chi connectivity index (χ3n) is 4.31. The van der Waals surface area contributed by atoms with Crippen molar-refractivity contribution in [3.8, 4) is 23.5 Å². The number of hydrogen-bond acceptors (Lipinski definition) is 3. The van der Waals surface area contributed by atoms with E-state index in [1.807, 2.05) is 12.1 Å². The highest BCUT2D eigenvalue weighted by Crippen LogP contribution is 2.22. The minimum atomic E-state index is -0.622. The van der Waals surface area contributed by atoms with Crippen molar-refractivity contribution in [2.45, 2.75) is 26.2 Å². The summed E-state index contributed by atoms with van der Waals surface area (Å²) in [7, 11) is 0. The summed E-state index contributed by atoms with van der Waals surface area (Å²) in [5, 5.41) is 8.99. The second-order valence-electron chi connectivity index (χ2n) is 5.98. The lowest BCUT2D eigenvalue weighted by atomic mass is 9.91. The lowest BCUT2D eigenvalue weighted by molar-refractivity contribution is -0.125. The first-order valence-corrected chi connectivity index (χ1v) is 8.38. The molecule has 3 nitrogen and oxygen atoms in total. The normalized spacial score (nSPS) is 11.6. The van der Waals surface area contributed by atoms with Crippen molar-refractivity contribution in [3.63, 3.8) is 0 Å². The minimum Gasteiger partial charge on any atom is -0.389 e. The molecule has 128 valence electrons. The molecule has 0 aliphatic heterocycles. The number of rotatable bonds is 8. The zero-order valence-corrected chi connectivity index (χ0v) is 14.4. The number of aliphatic hydroxyl groups excluding tert-OH is 1. The summed E-state index contributed by atoms with van der Waals surface area (Å²) < 4.78 is 0. The van der Waals surface area contributed by atoms with Crippen LogP contribution in [0.15, 0.2) is 48.5 Å². The van der Waals surface area contributed by atoms with Crippen LogP contribution in [0.1, 0.15) is 35.7 Å². The smallest absolute Gasteiger partial charge is 0.163 e. The van der Waals surface area contributed by atoms with Gasteiger partial charge in [0.25, 0.3) is 0 Å². The Balaban J connectivity index is 2.11. The predicted molar refractivity (Wildman–Crippen MR) is 99.2 cm³/mol. The molecule has 1 atom stereocenters. The molecule has 0 saturated carbocycles. The van der Waals surface area contributed by atoms with Gasteiger partial charge in [0, 0.05) is 24.3 Å². The molecule has 0 spiro atoms. The molecule has 0 aliphatic rings. The van der Waals surface area contributed by atoms with Crippen molar-refractivity contribution in [2.24, 2.45) is 5.92 Å². The van der Waals surface area contributed by atoms with Crippen LogP contribution < -0.4 is 0 Å². The van der Waals surface area contributed by atoms with Crippen LogP contribution in [0.3, 0.4) is 0 Å². The van der Waals surface area contributed by atoms with E-state index in [4.69, 9.17) is 11.5 Å².